The molecule has 2 unspecified atom stereocenters. The molecule has 0 saturated heterocycles. The molecule has 0 aromatic heterocycles. The SMILES string of the molecule is CCCCC1C(c2ccc(C)cc2)=NN(c2ccc(F)cc2F)C1(C)C(=O)NCCC(=O)OC. The maximum absolute atomic E-state index is 14.9. The van der Waals surface area contributed by atoms with E-state index in [0.717, 1.165) is 36.1 Å². The number of anilines is 1. The number of rotatable bonds is 9. The Morgan fingerprint density at radius 3 is 2.50 bits per heavy atom. The summed E-state index contributed by atoms with van der Waals surface area (Å²) >= 11 is 0. The van der Waals surface area contributed by atoms with Crippen LogP contribution in [0.25, 0.3) is 0 Å². The molecule has 0 spiro atoms. The van der Waals surface area contributed by atoms with Crippen molar-refractivity contribution in [3.63, 3.8) is 0 Å². The summed E-state index contributed by atoms with van der Waals surface area (Å²) in [6, 6.07) is 11.0. The largest absolute Gasteiger partial charge is 0.469 e. The van der Waals surface area contributed by atoms with E-state index in [1.807, 2.05) is 31.2 Å². The minimum Gasteiger partial charge on any atom is -0.469 e. The molecule has 0 fully saturated rings. The molecule has 2 aromatic carbocycles. The average molecular weight is 472 g/mol. The van der Waals surface area contributed by atoms with Crippen LogP contribution in [0.3, 0.4) is 0 Å². The van der Waals surface area contributed by atoms with Crippen LogP contribution in [0.4, 0.5) is 14.5 Å². The van der Waals surface area contributed by atoms with Gasteiger partial charge in [0.1, 0.15) is 11.4 Å². The van der Waals surface area contributed by atoms with Crippen molar-refractivity contribution in [2.45, 2.75) is 52.0 Å². The maximum Gasteiger partial charge on any atom is 0.307 e. The first-order valence-electron chi connectivity index (χ1n) is 11.5. The van der Waals surface area contributed by atoms with Crippen LogP contribution in [0.5, 0.6) is 0 Å². The number of methoxy groups -OCH3 is 1. The number of unbranched alkanes of at least 4 members (excludes halogenated alkanes) is 1. The highest BCUT2D eigenvalue weighted by molar-refractivity contribution is 6.10. The molecule has 1 aliphatic rings. The number of ether oxygens (including phenoxy) is 1. The third-order valence-electron chi connectivity index (χ3n) is 6.29. The number of esters is 1. The average Bonchev–Trinajstić information content (AvgIpc) is 3.11. The summed E-state index contributed by atoms with van der Waals surface area (Å²) in [5.41, 5.74) is 1.30. The summed E-state index contributed by atoms with van der Waals surface area (Å²) in [7, 11) is 1.28. The van der Waals surface area contributed by atoms with Gasteiger partial charge in [0.05, 0.1) is 24.9 Å². The number of carbonyl (C=O) groups excluding carboxylic acids is 2. The molecule has 0 bridgehead atoms. The molecule has 182 valence electrons. The first-order chi connectivity index (χ1) is 16.2. The van der Waals surface area contributed by atoms with Crippen LogP contribution >= 0.6 is 0 Å². The van der Waals surface area contributed by atoms with Crippen molar-refractivity contribution in [2.75, 3.05) is 18.7 Å². The van der Waals surface area contributed by atoms with Crippen molar-refractivity contribution >= 4 is 23.3 Å². The predicted molar refractivity (Wildman–Crippen MR) is 128 cm³/mol. The number of nitrogens with one attached hydrogen (secondary N) is 1. The van der Waals surface area contributed by atoms with E-state index in [-0.39, 0.29) is 24.6 Å². The molecule has 0 radical (unpaired) electrons. The molecule has 1 aliphatic heterocycles. The van der Waals surface area contributed by atoms with E-state index in [1.54, 1.807) is 6.92 Å². The monoisotopic (exact) mass is 471 g/mol. The Morgan fingerprint density at radius 1 is 1.18 bits per heavy atom. The number of hydrogen-bond acceptors (Lipinski definition) is 5. The second-order valence-corrected chi connectivity index (χ2v) is 8.68. The molecule has 2 aromatic rings. The zero-order chi connectivity index (χ0) is 24.9. The van der Waals surface area contributed by atoms with E-state index in [4.69, 9.17) is 5.10 Å². The first-order valence-corrected chi connectivity index (χ1v) is 11.5. The molecule has 2 atom stereocenters. The molecule has 34 heavy (non-hydrogen) atoms. The van der Waals surface area contributed by atoms with Gasteiger partial charge < -0.3 is 10.1 Å². The van der Waals surface area contributed by atoms with Crippen LogP contribution < -0.4 is 10.3 Å². The third-order valence-corrected chi connectivity index (χ3v) is 6.29. The molecule has 8 heteroatoms. The zero-order valence-corrected chi connectivity index (χ0v) is 20.0. The van der Waals surface area contributed by atoms with Gasteiger partial charge in [-0.25, -0.2) is 13.8 Å². The van der Waals surface area contributed by atoms with Gasteiger partial charge in [-0.05, 0) is 38.0 Å². The highest BCUT2D eigenvalue weighted by Crippen LogP contribution is 2.42. The smallest absolute Gasteiger partial charge is 0.307 e. The van der Waals surface area contributed by atoms with Crippen molar-refractivity contribution < 1.29 is 23.1 Å². The van der Waals surface area contributed by atoms with E-state index in [1.165, 1.54) is 18.2 Å². The number of halogens is 2. The van der Waals surface area contributed by atoms with Gasteiger partial charge in [-0.1, -0.05) is 49.6 Å². The summed E-state index contributed by atoms with van der Waals surface area (Å²) in [4.78, 5) is 25.2. The van der Waals surface area contributed by atoms with E-state index < -0.39 is 29.0 Å². The number of carbonyl (C=O) groups is 2. The Kier molecular flexibility index (Phi) is 8.02. The molecule has 3 rings (SSSR count). The molecule has 1 N–H and O–H groups in total. The predicted octanol–water partition coefficient (Wildman–Crippen LogP) is 4.74. The normalized spacial score (nSPS) is 19.6. The van der Waals surface area contributed by atoms with Crippen LogP contribution in [-0.2, 0) is 14.3 Å². The second kappa shape index (κ2) is 10.8. The molecular formula is C26H31F2N3O3. The summed E-state index contributed by atoms with van der Waals surface area (Å²) < 4.78 is 33.2. The fourth-order valence-corrected chi connectivity index (χ4v) is 4.28. The molecule has 0 aliphatic carbocycles. The first kappa shape index (κ1) is 25.3. The Hall–Kier alpha value is -3.29. The van der Waals surface area contributed by atoms with Crippen molar-refractivity contribution in [1.29, 1.82) is 0 Å². The van der Waals surface area contributed by atoms with Gasteiger partial charge in [0, 0.05) is 18.5 Å². The van der Waals surface area contributed by atoms with Crippen molar-refractivity contribution in [1.82, 2.24) is 5.32 Å². The lowest BCUT2D eigenvalue weighted by Crippen LogP contribution is -2.58. The molecule has 0 saturated carbocycles. The van der Waals surface area contributed by atoms with Crippen LogP contribution in [0.1, 0.15) is 50.7 Å². The van der Waals surface area contributed by atoms with Crippen LogP contribution in [0, 0.1) is 24.5 Å². The summed E-state index contributed by atoms with van der Waals surface area (Å²) in [6.45, 7) is 5.83. The fourth-order valence-electron chi connectivity index (χ4n) is 4.28. The van der Waals surface area contributed by atoms with Gasteiger partial charge in [0.25, 0.3) is 0 Å². The number of aryl methyl sites for hydroxylation is 1. The van der Waals surface area contributed by atoms with E-state index >= 15 is 0 Å². The van der Waals surface area contributed by atoms with Gasteiger partial charge in [0.2, 0.25) is 5.91 Å². The Morgan fingerprint density at radius 2 is 1.88 bits per heavy atom. The number of amides is 1. The fraction of sp³-hybridized carbons (Fsp3) is 0.423. The summed E-state index contributed by atoms with van der Waals surface area (Å²) in [6.07, 6.45) is 2.39. The molecule has 1 amide bonds. The number of nitrogens with zero attached hydrogens (tertiary/aromatic N) is 2. The number of benzene rings is 2. The van der Waals surface area contributed by atoms with E-state index in [2.05, 4.69) is 17.0 Å². The van der Waals surface area contributed by atoms with Gasteiger partial charge in [0.15, 0.2) is 5.82 Å². The lowest BCUT2D eigenvalue weighted by atomic mass is 9.76. The highest BCUT2D eigenvalue weighted by atomic mass is 19.1. The third kappa shape index (κ3) is 5.11. The van der Waals surface area contributed by atoms with Crippen molar-refractivity contribution in [3.8, 4) is 0 Å². The maximum atomic E-state index is 14.9. The minimum absolute atomic E-state index is 0.00846. The van der Waals surface area contributed by atoms with Crippen LogP contribution in [0.15, 0.2) is 47.6 Å². The van der Waals surface area contributed by atoms with Crippen LogP contribution in [0.2, 0.25) is 0 Å². The number of hydrazone groups is 1. The molecule has 6 nitrogen and oxygen atoms in total. The van der Waals surface area contributed by atoms with E-state index in [0.29, 0.717) is 12.1 Å². The number of hydrogen-bond donors (Lipinski definition) is 1. The standard InChI is InChI=1S/C26H31F2N3O3/c1-5-6-7-20-24(18-10-8-17(2)9-11-18)30-31(22-13-12-19(27)16-21(22)28)26(20,3)25(33)29-15-14-23(32)34-4/h8-13,16,20H,5-7,14-15H2,1-4H3,(H,29,33). The Bertz CT molecular complexity index is 1070. The lowest BCUT2D eigenvalue weighted by molar-refractivity contribution is -0.140. The topological polar surface area (TPSA) is 71.0 Å². The van der Waals surface area contributed by atoms with Gasteiger partial charge >= 0.3 is 5.97 Å². The summed E-state index contributed by atoms with van der Waals surface area (Å²) in [5.74, 6) is -2.73. The van der Waals surface area contributed by atoms with Crippen molar-refractivity contribution in [3.05, 3.63) is 65.2 Å². The second-order valence-electron chi connectivity index (χ2n) is 8.68. The lowest BCUT2D eigenvalue weighted by Gasteiger charge is -2.37. The van der Waals surface area contributed by atoms with Gasteiger partial charge in [-0.2, -0.15) is 5.10 Å². The quantitative estimate of drug-likeness (QED) is 0.536. The van der Waals surface area contributed by atoms with Crippen LogP contribution in [-0.4, -0.2) is 36.8 Å². The van der Waals surface area contributed by atoms with Gasteiger partial charge in [-0.15, -0.1) is 0 Å². The summed E-state index contributed by atoms with van der Waals surface area (Å²) in [5, 5.41) is 8.91. The molecular weight excluding hydrogens is 440 g/mol. The Labute approximate surface area is 199 Å². The zero-order valence-electron chi connectivity index (χ0n) is 20.0. The Balaban J connectivity index is 2.09. The minimum atomic E-state index is -1.30. The van der Waals surface area contributed by atoms with Crippen molar-refractivity contribution in [2.24, 2.45) is 11.0 Å². The van der Waals surface area contributed by atoms with E-state index in [9.17, 15) is 18.4 Å². The van der Waals surface area contributed by atoms with Gasteiger partial charge in [-0.3, -0.25) is 9.59 Å². The highest BCUT2D eigenvalue weighted by Gasteiger charge is 2.54. The molecule has 1 heterocycles.